The molecule has 2 amide bonds. The minimum Gasteiger partial charge on any atom is -0.453 e. The Balaban J connectivity index is 1.75. The van der Waals surface area contributed by atoms with Gasteiger partial charge in [-0.15, -0.1) is 0 Å². The van der Waals surface area contributed by atoms with Crippen LogP contribution < -0.4 is 5.32 Å². The molecule has 0 fully saturated rings. The maximum atomic E-state index is 12.4. The third-order valence-corrected chi connectivity index (χ3v) is 4.19. The van der Waals surface area contributed by atoms with E-state index in [4.69, 9.17) is 27.9 Å². The summed E-state index contributed by atoms with van der Waals surface area (Å²) in [5.74, 6) is 0.241. The van der Waals surface area contributed by atoms with Crippen molar-refractivity contribution in [1.82, 2.24) is 14.5 Å². The molecule has 0 radical (unpaired) electrons. The first-order chi connectivity index (χ1) is 11.5. The Hall–Kier alpha value is -2.25. The van der Waals surface area contributed by atoms with Crippen molar-refractivity contribution in [2.45, 2.75) is 13.1 Å². The summed E-state index contributed by atoms with van der Waals surface area (Å²) in [6.45, 7) is 1.34. The fourth-order valence-electron chi connectivity index (χ4n) is 2.42. The van der Waals surface area contributed by atoms with Crippen LogP contribution in [0.1, 0.15) is 16.3 Å². The first kappa shape index (κ1) is 16.6. The second-order valence-electron chi connectivity index (χ2n) is 5.21. The van der Waals surface area contributed by atoms with Gasteiger partial charge in [0.2, 0.25) is 0 Å². The Morgan fingerprint density at radius 2 is 2.08 bits per heavy atom. The Labute approximate surface area is 148 Å². The van der Waals surface area contributed by atoms with Crippen molar-refractivity contribution in [3.8, 4) is 0 Å². The van der Waals surface area contributed by atoms with Gasteiger partial charge in [0.05, 0.1) is 24.4 Å². The molecular formula is C15H14Cl2N4O3. The zero-order valence-electron chi connectivity index (χ0n) is 12.8. The number of fused-ring (bicyclic) bond motifs is 1. The molecule has 2 aromatic rings. The summed E-state index contributed by atoms with van der Waals surface area (Å²) in [5, 5.41) is 3.53. The molecule has 126 valence electrons. The van der Waals surface area contributed by atoms with Gasteiger partial charge in [0.25, 0.3) is 5.91 Å². The van der Waals surface area contributed by atoms with Crippen molar-refractivity contribution in [2.24, 2.45) is 0 Å². The number of nitrogens with zero attached hydrogens (tertiary/aromatic N) is 3. The number of hydrogen-bond acceptors (Lipinski definition) is 4. The Morgan fingerprint density at radius 3 is 2.79 bits per heavy atom. The molecule has 9 heteroatoms. The van der Waals surface area contributed by atoms with Crippen LogP contribution in [-0.4, -0.2) is 40.1 Å². The molecule has 24 heavy (non-hydrogen) atoms. The lowest BCUT2D eigenvalue weighted by Crippen LogP contribution is -2.38. The second-order valence-corrected chi connectivity index (χ2v) is 6.05. The molecule has 0 atom stereocenters. The molecule has 0 aliphatic carbocycles. The molecule has 1 aliphatic rings. The molecule has 0 bridgehead atoms. The van der Waals surface area contributed by atoms with E-state index < -0.39 is 6.09 Å². The zero-order chi connectivity index (χ0) is 17.3. The quantitative estimate of drug-likeness (QED) is 0.883. The summed E-state index contributed by atoms with van der Waals surface area (Å²) >= 11 is 11.9. The van der Waals surface area contributed by atoms with Gasteiger partial charge in [-0.05, 0) is 18.2 Å². The van der Waals surface area contributed by atoms with Crippen LogP contribution in [0.4, 0.5) is 10.5 Å². The van der Waals surface area contributed by atoms with Gasteiger partial charge in [-0.2, -0.15) is 0 Å². The van der Waals surface area contributed by atoms with Gasteiger partial charge in [-0.3, -0.25) is 9.69 Å². The van der Waals surface area contributed by atoms with Crippen molar-refractivity contribution < 1.29 is 14.3 Å². The molecule has 2 heterocycles. The lowest BCUT2D eigenvalue weighted by molar-refractivity contribution is 0.102. The number of anilines is 1. The number of amides is 2. The largest absolute Gasteiger partial charge is 0.453 e. The van der Waals surface area contributed by atoms with E-state index in [2.05, 4.69) is 10.3 Å². The van der Waals surface area contributed by atoms with Crippen LogP contribution >= 0.6 is 23.2 Å². The van der Waals surface area contributed by atoms with Crippen LogP contribution in [0.2, 0.25) is 10.0 Å². The molecule has 0 saturated heterocycles. The van der Waals surface area contributed by atoms with Crippen LogP contribution in [0.15, 0.2) is 24.4 Å². The maximum absolute atomic E-state index is 12.4. The first-order valence-corrected chi connectivity index (χ1v) is 7.89. The van der Waals surface area contributed by atoms with Gasteiger partial charge in [0.15, 0.2) is 0 Å². The van der Waals surface area contributed by atoms with Crippen LogP contribution in [0, 0.1) is 0 Å². The number of hydrogen-bond donors (Lipinski definition) is 1. The number of carbonyl (C=O) groups excluding carboxylic acids is 2. The molecule has 1 aromatic heterocycles. The van der Waals surface area contributed by atoms with Crippen molar-refractivity contribution >= 4 is 40.9 Å². The summed E-state index contributed by atoms with van der Waals surface area (Å²) < 4.78 is 6.55. The zero-order valence-corrected chi connectivity index (χ0v) is 14.3. The highest BCUT2D eigenvalue weighted by molar-refractivity contribution is 6.36. The highest BCUT2D eigenvalue weighted by Gasteiger charge is 2.24. The average molecular weight is 369 g/mol. The standard InChI is InChI=1S/C15H14Cl2N4O3/c1-24-15(23)21-5-4-20-7-12(18-13(20)8-21)14(22)19-11-3-2-9(16)6-10(11)17/h2-3,6-7H,4-5,8H2,1H3,(H,19,22). The van der Waals surface area contributed by atoms with E-state index in [-0.39, 0.29) is 11.6 Å². The van der Waals surface area contributed by atoms with Crippen LogP contribution in [0.25, 0.3) is 0 Å². The number of carbonyl (C=O) groups is 2. The molecule has 1 N–H and O–H groups in total. The van der Waals surface area contributed by atoms with E-state index >= 15 is 0 Å². The maximum Gasteiger partial charge on any atom is 0.409 e. The van der Waals surface area contributed by atoms with Gasteiger partial charge in [-0.1, -0.05) is 23.2 Å². The number of benzene rings is 1. The smallest absolute Gasteiger partial charge is 0.409 e. The Bertz CT molecular complexity index is 806. The number of imidazole rings is 1. The monoisotopic (exact) mass is 368 g/mol. The number of halogens is 2. The molecule has 0 spiro atoms. The Morgan fingerprint density at radius 1 is 1.29 bits per heavy atom. The molecule has 1 aliphatic heterocycles. The molecule has 0 saturated carbocycles. The second kappa shape index (κ2) is 6.70. The summed E-state index contributed by atoms with van der Waals surface area (Å²) in [6.07, 6.45) is 1.24. The van der Waals surface area contributed by atoms with Crippen molar-refractivity contribution in [3.63, 3.8) is 0 Å². The van der Waals surface area contributed by atoms with Gasteiger partial charge >= 0.3 is 6.09 Å². The Kier molecular flexibility index (Phi) is 4.64. The molecule has 7 nitrogen and oxygen atoms in total. The highest BCUT2D eigenvalue weighted by Crippen LogP contribution is 2.26. The van der Waals surface area contributed by atoms with E-state index in [1.54, 1.807) is 24.4 Å². The fraction of sp³-hybridized carbons (Fsp3) is 0.267. The average Bonchev–Trinajstić information content (AvgIpc) is 2.99. The van der Waals surface area contributed by atoms with Crippen molar-refractivity contribution in [2.75, 3.05) is 19.0 Å². The number of methoxy groups -OCH3 is 1. The minimum absolute atomic E-state index is 0.253. The molecule has 3 rings (SSSR count). The molecule has 1 aromatic carbocycles. The van der Waals surface area contributed by atoms with Gasteiger partial charge in [-0.25, -0.2) is 9.78 Å². The van der Waals surface area contributed by atoms with E-state index in [0.717, 1.165) is 0 Å². The van der Waals surface area contributed by atoms with Gasteiger partial charge < -0.3 is 14.6 Å². The number of nitrogens with one attached hydrogen (secondary N) is 1. The minimum atomic E-state index is -0.414. The van der Waals surface area contributed by atoms with Crippen LogP contribution in [0.5, 0.6) is 0 Å². The van der Waals surface area contributed by atoms with Crippen molar-refractivity contribution in [3.05, 3.63) is 46.0 Å². The van der Waals surface area contributed by atoms with E-state index in [1.807, 2.05) is 4.57 Å². The third kappa shape index (κ3) is 3.32. The first-order valence-electron chi connectivity index (χ1n) is 7.13. The van der Waals surface area contributed by atoms with Crippen molar-refractivity contribution in [1.29, 1.82) is 0 Å². The lowest BCUT2D eigenvalue weighted by Gasteiger charge is -2.26. The summed E-state index contributed by atoms with van der Waals surface area (Å²) in [4.78, 5) is 29.8. The predicted molar refractivity (Wildman–Crippen MR) is 89.5 cm³/mol. The fourth-order valence-corrected chi connectivity index (χ4v) is 2.88. The lowest BCUT2D eigenvalue weighted by atomic mass is 10.3. The summed E-state index contributed by atoms with van der Waals surface area (Å²) in [5.41, 5.74) is 0.705. The molecule has 0 unspecified atom stereocenters. The number of rotatable bonds is 2. The van der Waals surface area contributed by atoms with E-state index in [0.29, 0.717) is 41.2 Å². The SMILES string of the molecule is COC(=O)N1CCn2cc(C(=O)Nc3ccc(Cl)cc3Cl)nc2C1. The van der Waals surface area contributed by atoms with E-state index in [9.17, 15) is 9.59 Å². The van der Waals surface area contributed by atoms with E-state index in [1.165, 1.54) is 12.0 Å². The van der Waals surface area contributed by atoms with Gasteiger partial charge in [0.1, 0.15) is 11.5 Å². The number of aromatic nitrogens is 2. The summed E-state index contributed by atoms with van der Waals surface area (Å²) in [7, 11) is 1.33. The topological polar surface area (TPSA) is 76.5 Å². The number of ether oxygens (including phenoxy) is 1. The summed E-state index contributed by atoms with van der Waals surface area (Å²) in [6, 6.07) is 4.80. The van der Waals surface area contributed by atoms with Gasteiger partial charge in [0, 0.05) is 24.3 Å². The predicted octanol–water partition coefficient (Wildman–Crippen LogP) is 3.02. The molecular weight excluding hydrogens is 355 g/mol. The van der Waals surface area contributed by atoms with Crippen LogP contribution in [-0.2, 0) is 17.8 Å². The highest BCUT2D eigenvalue weighted by atomic mass is 35.5. The third-order valence-electron chi connectivity index (χ3n) is 3.65. The normalized spacial score (nSPS) is 13.4. The van der Waals surface area contributed by atoms with Crippen LogP contribution in [0.3, 0.4) is 0 Å².